The minimum atomic E-state index is -0.0547. The quantitative estimate of drug-likeness (QED) is 0.836. The van der Waals surface area contributed by atoms with Crippen LogP contribution >= 0.6 is 27.5 Å². The van der Waals surface area contributed by atoms with E-state index < -0.39 is 0 Å². The summed E-state index contributed by atoms with van der Waals surface area (Å²) in [7, 11) is 0. The number of anilines is 1. The van der Waals surface area contributed by atoms with Crippen LogP contribution in [0.25, 0.3) is 0 Å². The lowest BCUT2D eigenvalue weighted by atomic mass is 10.0. The topological polar surface area (TPSA) is 35.8 Å². The number of hydrogen-bond acceptors (Lipinski definition) is 2. The lowest BCUT2D eigenvalue weighted by Gasteiger charge is -2.19. The Bertz CT molecular complexity index is 593. The fourth-order valence-electron chi connectivity index (χ4n) is 1.82. The molecule has 1 unspecified atom stereocenters. The van der Waals surface area contributed by atoms with Gasteiger partial charge in [-0.2, -0.15) is 5.26 Å². The van der Waals surface area contributed by atoms with Crippen molar-refractivity contribution in [2.24, 2.45) is 0 Å². The van der Waals surface area contributed by atoms with Gasteiger partial charge in [0.2, 0.25) is 0 Å². The predicted molar refractivity (Wildman–Crippen MR) is 82.2 cm³/mol. The Balaban J connectivity index is 2.27. The van der Waals surface area contributed by atoms with E-state index in [1.54, 1.807) is 0 Å². The van der Waals surface area contributed by atoms with Crippen molar-refractivity contribution in [2.75, 3.05) is 5.32 Å². The molecule has 0 saturated carbocycles. The highest BCUT2D eigenvalue weighted by Crippen LogP contribution is 2.30. The van der Waals surface area contributed by atoms with Crippen LogP contribution in [0, 0.1) is 11.3 Å². The Kier molecular flexibility index (Phi) is 4.84. The van der Waals surface area contributed by atoms with Gasteiger partial charge >= 0.3 is 0 Å². The summed E-state index contributed by atoms with van der Waals surface area (Å²) in [5.74, 6) is 0. The van der Waals surface area contributed by atoms with Crippen LogP contribution in [0.5, 0.6) is 0 Å². The molecular weight excluding hydrogens is 324 g/mol. The van der Waals surface area contributed by atoms with E-state index in [1.807, 2.05) is 48.5 Å². The molecule has 2 nitrogen and oxygen atoms in total. The largest absolute Gasteiger partial charge is 0.376 e. The van der Waals surface area contributed by atoms with E-state index in [0.717, 1.165) is 15.7 Å². The Labute approximate surface area is 126 Å². The second-order valence-corrected chi connectivity index (χ2v) is 5.38. The Morgan fingerprint density at radius 1 is 1.21 bits per heavy atom. The van der Waals surface area contributed by atoms with E-state index in [1.165, 1.54) is 0 Å². The maximum absolute atomic E-state index is 8.97. The average molecular weight is 336 g/mol. The van der Waals surface area contributed by atoms with Gasteiger partial charge in [0.1, 0.15) is 0 Å². The van der Waals surface area contributed by atoms with Gasteiger partial charge in [-0.1, -0.05) is 41.9 Å². The average Bonchev–Trinajstić information content (AvgIpc) is 2.43. The highest BCUT2D eigenvalue weighted by molar-refractivity contribution is 9.10. The van der Waals surface area contributed by atoms with Gasteiger partial charge in [-0.15, -0.1) is 0 Å². The Morgan fingerprint density at radius 2 is 1.95 bits per heavy atom. The molecular formula is C15H12BrClN2. The van der Waals surface area contributed by atoms with Crippen molar-refractivity contribution in [1.29, 1.82) is 5.26 Å². The van der Waals surface area contributed by atoms with Crippen molar-refractivity contribution in [2.45, 2.75) is 12.5 Å². The zero-order chi connectivity index (χ0) is 13.7. The summed E-state index contributed by atoms with van der Waals surface area (Å²) in [5, 5.41) is 13.0. The second-order valence-electron chi connectivity index (χ2n) is 4.09. The molecule has 0 fully saturated rings. The van der Waals surface area contributed by atoms with E-state index in [2.05, 4.69) is 27.3 Å². The number of nitrogens with one attached hydrogen (secondary N) is 1. The zero-order valence-electron chi connectivity index (χ0n) is 10.1. The van der Waals surface area contributed by atoms with Crippen molar-refractivity contribution < 1.29 is 0 Å². The first-order chi connectivity index (χ1) is 9.20. The fraction of sp³-hybridized carbons (Fsp3) is 0.133. The molecule has 96 valence electrons. The molecule has 0 radical (unpaired) electrons. The molecule has 0 aromatic heterocycles. The summed E-state index contributed by atoms with van der Waals surface area (Å²) in [6, 6.07) is 17.6. The smallest absolute Gasteiger partial charge is 0.0647 e. The molecule has 0 aliphatic carbocycles. The minimum absolute atomic E-state index is 0.0547. The van der Waals surface area contributed by atoms with Gasteiger partial charge in [0.05, 0.1) is 24.2 Å². The molecule has 1 atom stereocenters. The lowest BCUT2D eigenvalue weighted by molar-refractivity contribution is 0.805. The van der Waals surface area contributed by atoms with Crippen LogP contribution in [0.15, 0.2) is 53.0 Å². The first-order valence-corrected chi connectivity index (χ1v) is 7.01. The summed E-state index contributed by atoms with van der Waals surface area (Å²) in [5.41, 5.74) is 1.97. The van der Waals surface area contributed by atoms with Gasteiger partial charge in [-0.3, -0.25) is 0 Å². The number of nitriles is 1. The Hall–Kier alpha value is -1.50. The SMILES string of the molecule is N#CCC(Nc1cc(Cl)ccc1Br)c1ccccc1. The fourth-order valence-corrected chi connectivity index (χ4v) is 2.36. The zero-order valence-corrected chi connectivity index (χ0v) is 12.4. The third-order valence-electron chi connectivity index (χ3n) is 2.76. The van der Waals surface area contributed by atoms with Crippen molar-refractivity contribution >= 4 is 33.2 Å². The van der Waals surface area contributed by atoms with E-state index in [0.29, 0.717) is 11.4 Å². The molecule has 4 heteroatoms. The number of benzene rings is 2. The standard InChI is InChI=1S/C15H12BrClN2/c16-13-7-6-12(17)10-15(13)19-14(8-9-18)11-4-2-1-3-5-11/h1-7,10,14,19H,8H2. The molecule has 0 spiro atoms. The molecule has 2 aromatic carbocycles. The van der Waals surface area contributed by atoms with Crippen LogP contribution in [0.1, 0.15) is 18.0 Å². The molecule has 0 heterocycles. The van der Waals surface area contributed by atoms with Crippen LogP contribution in [0.3, 0.4) is 0 Å². The third kappa shape index (κ3) is 3.73. The van der Waals surface area contributed by atoms with Gasteiger partial charge in [0.25, 0.3) is 0 Å². The van der Waals surface area contributed by atoms with Crippen LogP contribution in [-0.4, -0.2) is 0 Å². The van der Waals surface area contributed by atoms with Gasteiger partial charge in [-0.05, 0) is 39.7 Å². The second kappa shape index (κ2) is 6.60. The van der Waals surface area contributed by atoms with E-state index in [-0.39, 0.29) is 6.04 Å². The lowest BCUT2D eigenvalue weighted by Crippen LogP contribution is -2.10. The molecule has 0 aliphatic heterocycles. The summed E-state index contributed by atoms with van der Waals surface area (Å²) in [6.45, 7) is 0. The molecule has 0 saturated heterocycles. The van der Waals surface area contributed by atoms with Gasteiger partial charge < -0.3 is 5.32 Å². The minimum Gasteiger partial charge on any atom is -0.376 e. The maximum Gasteiger partial charge on any atom is 0.0647 e. The Morgan fingerprint density at radius 3 is 2.63 bits per heavy atom. The number of halogens is 2. The third-order valence-corrected chi connectivity index (χ3v) is 3.68. The monoisotopic (exact) mass is 334 g/mol. The van der Waals surface area contributed by atoms with E-state index in [9.17, 15) is 0 Å². The first kappa shape index (κ1) is 13.9. The predicted octanol–water partition coefficient (Wildman–Crippen LogP) is 5.17. The van der Waals surface area contributed by atoms with Crippen molar-refractivity contribution in [3.05, 3.63) is 63.6 Å². The van der Waals surface area contributed by atoms with Crippen molar-refractivity contribution in [3.8, 4) is 6.07 Å². The van der Waals surface area contributed by atoms with Crippen LogP contribution in [-0.2, 0) is 0 Å². The molecule has 0 amide bonds. The maximum atomic E-state index is 8.97. The van der Waals surface area contributed by atoms with Gasteiger partial charge in [0.15, 0.2) is 0 Å². The number of nitrogens with zero attached hydrogens (tertiary/aromatic N) is 1. The van der Waals surface area contributed by atoms with Gasteiger partial charge in [0, 0.05) is 9.50 Å². The number of rotatable bonds is 4. The summed E-state index contributed by atoms with van der Waals surface area (Å²) in [4.78, 5) is 0. The highest BCUT2D eigenvalue weighted by atomic mass is 79.9. The van der Waals surface area contributed by atoms with E-state index >= 15 is 0 Å². The summed E-state index contributed by atoms with van der Waals surface area (Å²) in [6.07, 6.45) is 0.392. The molecule has 1 N–H and O–H groups in total. The van der Waals surface area contributed by atoms with Crippen LogP contribution in [0.2, 0.25) is 5.02 Å². The van der Waals surface area contributed by atoms with Crippen molar-refractivity contribution in [1.82, 2.24) is 0 Å². The van der Waals surface area contributed by atoms with E-state index in [4.69, 9.17) is 16.9 Å². The normalized spacial score (nSPS) is 11.6. The summed E-state index contributed by atoms with van der Waals surface area (Å²) < 4.78 is 0.927. The van der Waals surface area contributed by atoms with Crippen molar-refractivity contribution in [3.63, 3.8) is 0 Å². The molecule has 2 rings (SSSR count). The first-order valence-electron chi connectivity index (χ1n) is 5.84. The number of hydrogen-bond donors (Lipinski definition) is 1. The summed E-state index contributed by atoms with van der Waals surface area (Å²) >= 11 is 9.48. The van der Waals surface area contributed by atoms with Crippen LogP contribution in [0.4, 0.5) is 5.69 Å². The van der Waals surface area contributed by atoms with Crippen LogP contribution < -0.4 is 5.32 Å². The molecule has 19 heavy (non-hydrogen) atoms. The molecule has 0 aliphatic rings. The van der Waals surface area contributed by atoms with Gasteiger partial charge in [-0.25, -0.2) is 0 Å². The molecule has 2 aromatic rings. The highest BCUT2D eigenvalue weighted by Gasteiger charge is 2.12. The molecule has 0 bridgehead atoms.